The van der Waals surface area contributed by atoms with E-state index in [0.717, 1.165) is 29.1 Å². The molecule has 2 aromatic carbocycles. The third-order valence-corrected chi connectivity index (χ3v) is 5.66. The summed E-state index contributed by atoms with van der Waals surface area (Å²) in [6.07, 6.45) is 5.11. The molecule has 1 unspecified atom stereocenters. The number of fused-ring (bicyclic) bond motifs is 1. The van der Waals surface area contributed by atoms with E-state index < -0.39 is 0 Å². The first-order chi connectivity index (χ1) is 15.5. The van der Waals surface area contributed by atoms with Crippen LogP contribution >= 0.6 is 0 Å². The minimum atomic E-state index is -0.301. The molecule has 0 saturated carbocycles. The molecular formula is C23H21FN6O2. The molecule has 1 N–H and O–H groups in total. The molecule has 0 radical (unpaired) electrons. The highest BCUT2D eigenvalue weighted by Crippen LogP contribution is 2.34. The number of methoxy groups -OCH3 is 1. The molecule has 0 fully saturated rings. The van der Waals surface area contributed by atoms with Crippen molar-refractivity contribution >= 4 is 11.7 Å². The fourth-order valence-electron chi connectivity index (χ4n) is 4.05. The number of imidazole rings is 1. The van der Waals surface area contributed by atoms with Crippen molar-refractivity contribution in [2.24, 2.45) is 0 Å². The van der Waals surface area contributed by atoms with Crippen molar-refractivity contribution in [2.45, 2.75) is 25.8 Å². The lowest BCUT2D eigenvalue weighted by Gasteiger charge is -2.11. The number of rotatable bonds is 5. The number of hydrogen-bond acceptors (Lipinski definition) is 5. The Kier molecular flexibility index (Phi) is 4.93. The van der Waals surface area contributed by atoms with E-state index in [1.165, 1.54) is 12.1 Å². The Morgan fingerprint density at radius 1 is 1.22 bits per heavy atom. The van der Waals surface area contributed by atoms with E-state index in [4.69, 9.17) is 4.74 Å². The first-order valence-electron chi connectivity index (χ1n) is 10.2. The van der Waals surface area contributed by atoms with Gasteiger partial charge < -0.3 is 14.6 Å². The second kappa shape index (κ2) is 7.92. The number of amides is 1. The van der Waals surface area contributed by atoms with Gasteiger partial charge in [0.2, 0.25) is 0 Å². The topological polar surface area (TPSA) is 86.9 Å². The second-order valence-corrected chi connectivity index (χ2v) is 7.70. The van der Waals surface area contributed by atoms with Gasteiger partial charge in [-0.25, -0.2) is 14.1 Å². The minimum Gasteiger partial charge on any atom is -0.495 e. The number of anilines is 1. The van der Waals surface area contributed by atoms with E-state index in [1.54, 1.807) is 42.4 Å². The lowest BCUT2D eigenvalue weighted by molar-refractivity contribution is 0.102. The summed E-state index contributed by atoms with van der Waals surface area (Å²) in [6.45, 7) is 1.91. The van der Waals surface area contributed by atoms with Gasteiger partial charge in [-0.15, -0.1) is 5.10 Å². The van der Waals surface area contributed by atoms with E-state index in [9.17, 15) is 9.18 Å². The molecule has 2 aromatic heterocycles. The maximum Gasteiger partial charge on any atom is 0.257 e. The van der Waals surface area contributed by atoms with Gasteiger partial charge in [-0.05, 0) is 55.7 Å². The Labute approximate surface area is 183 Å². The van der Waals surface area contributed by atoms with Crippen molar-refractivity contribution < 1.29 is 13.9 Å². The predicted octanol–water partition coefficient (Wildman–Crippen LogP) is 3.71. The van der Waals surface area contributed by atoms with Crippen molar-refractivity contribution in [3.8, 4) is 11.4 Å². The highest BCUT2D eigenvalue weighted by molar-refractivity contribution is 6.04. The fraction of sp³-hybridized carbons (Fsp3) is 0.217. The van der Waals surface area contributed by atoms with Crippen LogP contribution in [-0.2, 0) is 6.42 Å². The average Bonchev–Trinajstić information content (AvgIpc) is 3.52. The molecule has 9 heteroatoms. The third-order valence-electron chi connectivity index (χ3n) is 5.66. The zero-order chi connectivity index (χ0) is 22.2. The Hall–Kier alpha value is -4.01. The highest BCUT2D eigenvalue weighted by Gasteiger charge is 2.29. The predicted molar refractivity (Wildman–Crippen MR) is 116 cm³/mol. The average molecular weight is 432 g/mol. The molecule has 3 heterocycles. The van der Waals surface area contributed by atoms with E-state index in [-0.39, 0.29) is 17.8 Å². The zero-order valence-electron chi connectivity index (χ0n) is 17.6. The number of nitrogens with zero attached hydrogens (tertiary/aromatic N) is 5. The number of ether oxygens (including phenoxy) is 1. The summed E-state index contributed by atoms with van der Waals surface area (Å²) in [5.41, 5.74) is 3.93. The van der Waals surface area contributed by atoms with Crippen molar-refractivity contribution in [3.63, 3.8) is 0 Å². The van der Waals surface area contributed by atoms with Crippen LogP contribution in [-0.4, -0.2) is 37.6 Å². The summed E-state index contributed by atoms with van der Waals surface area (Å²) in [5, 5.41) is 11.3. The van der Waals surface area contributed by atoms with E-state index in [1.807, 2.05) is 23.8 Å². The Morgan fingerprint density at radius 2 is 2.03 bits per heavy atom. The smallest absolute Gasteiger partial charge is 0.257 e. The first-order valence-corrected chi connectivity index (χ1v) is 10.2. The van der Waals surface area contributed by atoms with Crippen LogP contribution in [0.15, 0.2) is 55.0 Å². The number of carbonyl (C=O) groups excluding carboxylic acids is 1. The van der Waals surface area contributed by atoms with Crippen LogP contribution in [0.2, 0.25) is 0 Å². The maximum absolute atomic E-state index is 13.3. The van der Waals surface area contributed by atoms with Crippen molar-refractivity contribution in [1.82, 2.24) is 24.5 Å². The number of hydrogen-bond donors (Lipinski definition) is 1. The summed E-state index contributed by atoms with van der Waals surface area (Å²) in [6, 6.07) is 11.6. The zero-order valence-corrected chi connectivity index (χ0v) is 17.6. The lowest BCUT2D eigenvalue weighted by Crippen LogP contribution is -2.14. The van der Waals surface area contributed by atoms with Crippen LogP contribution < -0.4 is 10.1 Å². The van der Waals surface area contributed by atoms with Gasteiger partial charge in [-0.2, -0.15) is 0 Å². The summed E-state index contributed by atoms with van der Waals surface area (Å²) in [5.74, 6) is 0.417. The Balaban J connectivity index is 1.37. The van der Waals surface area contributed by atoms with Crippen molar-refractivity contribution in [3.05, 3.63) is 83.3 Å². The van der Waals surface area contributed by atoms with Crippen LogP contribution in [0, 0.1) is 12.7 Å². The number of benzene rings is 2. The van der Waals surface area contributed by atoms with Gasteiger partial charge >= 0.3 is 0 Å². The number of carbonyl (C=O) groups is 1. The van der Waals surface area contributed by atoms with Gasteiger partial charge in [-0.1, -0.05) is 17.3 Å². The van der Waals surface area contributed by atoms with Crippen LogP contribution in [0.1, 0.15) is 39.8 Å². The lowest BCUT2D eigenvalue weighted by atomic mass is 10.1. The van der Waals surface area contributed by atoms with Gasteiger partial charge in [0, 0.05) is 11.8 Å². The Bertz CT molecular complexity index is 1290. The number of aryl methyl sites for hydroxylation is 1. The minimum absolute atomic E-state index is 0.0261. The summed E-state index contributed by atoms with van der Waals surface area (Å²) in [7, 11) is 1.56. The molecule has 1 atom stereocenters. The fourth-order valence-corrected chi connectivity index (χ4v) is 4.05. The maximum atomic E-state index is 13.3. The van der Waals surface area contributed by atoms with Gasteiger partial charge in [0.15, 0.2) is 5.82 Å². The molecule has 1 amide bonds. The standard InChI is InChI=1S/C23H21FN6O2/c1-14-12-29(13-25-14)19-8-5-16(11-21(19)32-2)23(31)26-22-20-10-9-18(30(20)28-27-22)15-3-6-17(24)7-4-15/h3-8,11-13,18H,9-10H2,1-2H3,(H,26,31). The quantitative estimate of drug-likeness (QED) is 0.520. The molecule has 1 aliphatic rings. The van der Waals surface area contributed by atoms with Crippen molar-refractivity contribution in [2.75, 3.05) is 12.4 Å². The SMILES string of the molecule is COc1cc(C(=O)Nc2nnn3c2CCC3c2ccc(F)cc2)ccc1-n1cnc(C)c1. The molecule has 1 aliphatic heterocycles. The molecular weight excluding hydrogens is 411 g/mol. The molecule has 0 saturated heterocycles. The molecule has 32 heavy (non-hydrogen) atoms. The number of nitrogens with one attached hydrogen (secondary N) is 1. The van der Waals surface area contributed by atoms with Gasteiger partial charge in [0.1, 0.15) is 11.6 Å². The van der Waals surface area contributed by atoms with Gasteiger partial charge in [0.05, 0.1) is 36.6 Å². The molecule has 0 bridgehead atoms. The first kappa shape index (κ1) is 19.9. The van der Waals surface area contributed by atoms with Crippen molar-refractivity contribution in [1.29, 1.82) is 0 Å². The van der Waals surface area contributed by atoms with E-state index in [2.05, 4.69) is 20.6 Å². The number of aromatic nitrogens is 5. The molecule has 8 nitrogen and oxygen atoms in total. The van der Waals surface area contributed by atoms with Crippen LogP contribution in [0.3, 0.4) is 0 Å². The summed E-state index contributed by atoms with van der Waals surface area (Å²) < 4.78 is 22.4. The summed E-state index contributed by atoms with van der Waals surface area (Å²) >= 11 is 0. The van der Waals surface area contributed by atoms with Crippen LogP contribution in [0.25, 0.3) is 5.69 Å². The van der Waals surface area contributed by atoms with Gasteiger partial charge in [0.25, 0.3) is 5.91 Å². The molecule has 162 valence electrons. The van der Waals surface area contributed by atoms with Crippen LogP contribution in [0.5, 0.6) is 5.75 Å². The number of halogens is 1. The highest BCUT2D eigenvalue weighted by atomic mass is 19.1. The molecule has 0 aliphatic carbocycles. The van der Waals surface area contributed by atoms with Gasteiger partial charge in [-0.3, -0.25) is 4.79 Å². The summed E-state index contributed by atoms with van der Waals surface area (Å²) in [4.78, 5) is 17.1. The second-order valence-electron chi connectivity index (χ2n) is 7.70. The molecule has 4 aromatic rings. The van der Waals surface area contributed by atoms with E-state index in [0.29, 0.717) is 23.6 Å². The monoisotopic (exact) mass is 432 g/mol. The largest absolute Gasteiger partial charge is 0.495 e. The molecule has 5 rings (SSSR count). The Morgan fingerprint density at radius 3 is 2.75 bits per heavy atom. The third kappa shape index (κ3) is 3.51. The normalized spacial score (nSPS) is 14.9. The van der Waals surface area contributed by atoms with Crippen LogP contribution in [0.4, 0.5) is 10.2 Å². The van der Waals surface area contributed by atoms with E-state index >= 15 is 0 Å². The molecule has 0 spiro atoms.